The average Bonchev–Trinajstić information content (AvgIpc) is 2.58. The van der Waals surface area contributed by atoms with Crippen LogP contribution in [0.3, 0.4) is 0 Å². The lowest BCUT2D eigenvalue weighted by molar-refractivity contribution is -0.133. The third-order valence-electron chi connectivity index (χ3n) is 4.47. The number of aryl methyl sites for hydroxylation is 1. The van der Waals surface area contributed by atoms with Crippen molar-refractivity contribution in [1.82, 2.24) is 14.5 Å². The smallest absolute Gasteiger partial charge is 0.328 e. The van der Waals surface area contributed by atoms with Gasteiger partial charge in [-0.1, -0.05) is 24.3 Å². The zero-order valence-corrected chi connectivity index (χ0v) is 14.9. The first-order chi connectivity index (χ1) is 11.5. The predicted octanol–water partition coefficient (Wildman–Crippen LogP) is 1.84. The summed E-state index contributed by atoms with van der Waals surface area (Å²) in [5.41, 5.74) is 1.36. The number of aromatic nitrogens is 2. The lowest BCUT2D eigenvalue weighted by Gasteiger charge is -2.33. The highest BCUT2D eigenvalue weighted by atomic mass is 79.9. The van der Waals surface area contributed by atoms with Gasteiger partial charge in [-0.25, -0.2) is 4.79 Å². The Morgan fingerprint density at radius 1 is 1.38 bits per heavy atom. The van der Waals surface area contributed by atoms with Gasteiger partial charge in [0.25, 0.3) is 5.56 Å². The third kappa shape index (κ3) is 3.21. The number of fused-ring (bicyclic) bond motifs is 1. The van der Waals surface area contributed by atoms with Crippen molar-refractivity contribution >= 4 is 21.8 Å². The van der Waals surface area contributed by atoms with Crippen LogP contribution in [0.1, 0.15) is 30.0 Å². The van der Waals surface area contributed by atoms with E-state index in [4.69, 9.17) is 0 Å². The van der Waals surface area contributed by atoms with Gasteiger partial charge in [-0.15, -0.1) is 0 Å². The van der Waals surface area contributed by atoms with Crippen LogP contribution in [-0.2, 0) is 17.8 Å². The Kier molecular flexibility index (Phi) is 4.71. The summed E-state index contributed by atoms with van der Waals surface area (Å²) in [4.78, 5) is 39.7. The number of likely N-dealkylation sites (N-methyl/N-ethyl adjacent to an activating group) is 1. The SMILES string of the molecule is CN(C(=O)Cn1cc(Br)c(=O)[nH]c1=O)[C@H]1CCCc2ccccc21. The topological polar surface area (TPSA) is 75.2 Å². The Bertz CT molecular complexity index is 887. The number of nitrogens with zero attached hydrogens (tertiary/aromatic N) is 2. The maximum absolute atomic E-state index is 12.6. The Morgan fingerprint density at radius 3 is 2.92 bits per heavy atom. The van der Waals surface area contributed by atoms with Crippen LogP contribution < -0.4 is 11.2 Å². The molecule has 0 fully saturated rings. The average molecular weight is 392 g/mol. The molecule has 126 valence electrons. The molecule has 0 radical (unpaired) electrons. The third-order valence-corrected chi connectivity index (χ3v) is 5.04. The Balaban J connectivity index is 1.83. The van der Waals surface area contributed by atoms with Crippen LogP contribution in [0.25, 0.3) is 0 Å². The van der Waals surface area contributed by atoms with E-state index in [9.17, 15) is 14.4 Å². The Hall–Kier alpha value is -2.15. The molecule has 1 aliphatic rings. The largest absolute Gasteiger partial charge is 0.337 e. The molecule has 1 aromatic heterocycles. The van der Waals surface area contributed by atoms with Crippen LogP contribution in [-0.4, -0.2) is 27.4 Å². The predicted molar refractivity (Wildman–Crippen MR) is 93.9 cm³/mol. The summed E-state index contributed by atoms with van der Waals surface area (Å²) in [5.74, 6) is -0.169. The summed E-state index contributed by atoms with van der Waals surface area (Å²) in [6.45, 7) is -0.108. The minimum absolute atomic E-state index is 0.0179. The van der Waals surface area contributed by atoms with Gasteiger partial charge in [0.05, 0.1) is 10.5 Å². The van der Waals surface area contributed by atoms with Gasteiger partial charge in [-0.3, -0.25) is 19.1 Å². The number of carbonyl (C=O) groups excluding carboxylic acids is 1. The highest BCUT2D eigenvalue weighted by molar-refractivity contribution is 9.10. The molecular weight excluding hydrogens is 374 g/mol. The number of amides is 1. The van der Waals surface area contributed by atoms with E-state index in [2.05, 4.69) is 33.0 Å². The second-order valence-electron chi connectivity index (χ2n) is 5.98. The number of hydrogen-bond acceptors (Lipinski definition) is 3. The molecule has 1 amide bonds. The van der Waals surface area contributed by atoms with Crippen LogP contribution >= 0.6 is 15.9 Å². The number of hydrogen-bond donors (Lipinski definition) is 1. The van der Waals surface area contributed by atoms with Gasteiger partial charge in [-0.05, 0) is 46.3 Å². The minimum atomic E-state index is -0.589. The van der Waals surface area contributed by atoms with Crippen molar-refractivity contribution in [3.63, 3.8) is 0 Å². The van der Waals surface area contributed by atoms with Crippen LogP contribution in [0.5, 0.6) is 0 Å². The fraction of sp³-hybridized carbons (Fsp3) is 0.353. The van der Waals surface area contributed by atoms with Crippen molar-refractivity contribution in [2.75, 3.05) is 7.05 Å². The molecule has 1 aliphatic carbocycles. The molecule has 1 aromatic carbocycles. The zero-order valence-electron chi connectivity index (χ0n) is 13.3. The van der Waals surface area contributed by atoms with Crippen LogP contribution in [0, 0.1) is 0 Å². The molecule has 0 aliphatic heterocycles. The van der Waals surface area contributed by atoms with E-state index < -0.39 is 11.2 Å². The van der Waals surface area contributed by atoms with E-state index in [-0.39, 0.29) is 23.0 Å². The fourth-order valence-corrected chi connectivity index (χ4v) is 3.51. The lowest BCUT2D eigenvalue weighted by Crippen LogP contribution is -2.39. The van der Waals surface area contributed by atoms with Gasteiger partial charge in [0.15, 0.2) is 0 Å². The highest BCUT2D eigenvalue weighted by Crippen LogP contribution is 2.33. The van der Waals surface area contributed by atoms with E-state index in [0.29, 0.717) is 0 Å². The van der Waals surface area contributed by atoms with Crippen molar-refractivity contribution in [3.8, 4) is 0 Å². The van der Waals surface area contributed by atoms with Gasteiger partial charge >= 0.3 is 5.69 Å². The molecule has 1 N–H and O–H groups in total. The van der Waals surface area contributed by atoms with E-state index in [1.54, 1.807) is 11.9 Å². The first kappa shape index (κ1) is 16.7. The summed E-state index contributed by atoms with van der Waals surface area (Å²) >= 11 is 3.08. The lowest BCUT2D eigenvalue weighted by atomic mass is 9.87. The molecule has 0 bridgehead atoms. The molecule has 24 heavy (non-hydrogen) atoms. The summed E-state index contributed by atoms with van der Waals surface area (Å²) in [7, 11) is 1.76. The molecule has 1 heterocycles. The van der Waals surface area contributed by atoms with Gasteiger partial charge < -0.3 is 4.90 Å². The molecule has 3 rings (SSSR count). The second-order valence-corrected chi connectivity index (χ2v) is 6.83. The molecular formula is C17H18BrN3O3. The van der Waals surface area contributed by atoms with Crippen molar-refractivity contribution < 1.29 is 4.79 Å². The van der Waals surface area contributed by atoms with Crippen molar-refractivity contribution in [2.24, 2.45) is 0 Å². The molecule has 7 heteroatoms. The molecule has 0 saturated carbocycles. The summed E-state index contributed by atoms with van der Waals surface area (Å²) in [5, 5.41) is 0. The standard InChI is InChI=1S/C17H18BrN3O3/c1-20(14-8-4-6-11-5-2-3-7-12(11)14)15(22)10-21-9-13(18)16(23)19-17(21)24/h2-3,5,7,9,14H,4,6,8,10H2,1H3,(H,19,23,24)/t14-/m0/s1. The fourth-order valence-electron chi connectivity index (χ4n) is 3.16. The maximum Gasteiger partial charge on any atom is 0.328 e. The van der Waals surface area contributed by atoms with Crippen LogP contribution in [0.4, 0.5) is 0 Å². The van der Waals surface area contributed by atoms with Gasteiger partial charge in [0.1, 0.15) is 6.54 Å². The molecule has 1 atom stereocenters. The van der Waals surface area contributed by atoms with Gasteiger partial charge in [0, 0.05) is 13.2 Å². The van der Waals surface area contributed by atoms with Gasteiger partial charge in [0.2, 0.25) is 5.91 Å². The van der Waals surface area contributed by atoms with E-state index >= 15 is 0 Å². The van der Waals surface area contributed by atoms with Crippen molar-refractivity contribution in [1.29, 1.82) is 0 Å². The first-order valence-electron chi connectivity index (χ1n) is 7.80. The summed E-state index contributed by atoms with van der Waals surface area (Å²) in [6, 6.07) is 8.18. The zero-order chi connectivity index (χ0) is 17.3. The second kappa shape index (κ2) is 6.76. The van der Waals surface area contributed by atoms with E-state index in [1.807, 2.05) is 12.1 Å². The first-order valence-corrected chi connectivity index (χ1v) is 8.59. The van der Waals surface area contributed by atoms with Crippen molar-refractivity contribution in [3.05, 3.63) is 66.9 Å². The van der Waals surface area contributed by atoms with E-state index in [0.717, 1.165) is 19.3 Å². The van der Waals surface area contributed by atoms with Crippen molar-refractivity contribution in [2.45, 2.75) is 31.8 Å². The number of halogens is 1. The molecule has 6 nitrogen and oxygen atoms in total. The van der Waals surface area contributed by atoms with E-state index in [1.165, 1.54) is 21.9 Å². The molecule has 0 unspecified atom stereocenters. The summed E-state index contributed by atoms with van der Waals surface area (Å²) in [6.07, 6.45) is 4.32. The number of rotatable bonds is 3. The molecule has 0 spiro atoms. The number of H-pyrrole nitrogens is 1. The normalized spacial score (nSPS) is 16.5. The Morgan fingerprint density at radius 2 is 2.12 bits per heavy atom. The quantitative estimate of drug-likeness (QED) is 0.866. The number of carbonyl (C=O) groups is 1. The minimum Gasteiger partial charge on any atom is -0.337 e. The number of benzene rings is 1. The van der Waals surface area contributed by atoms with Crippen LogP contribution in [0.2, 0.25) is 0 Å². The summed E-state index contributed by atoms with van der Waals surface area (Å²) < 4.78 is 1.43. The highest BCUT2D eigenvalue weighted by Gasteiger charge is 2.26. The number of aromatic amines is 1. The van der Waals surface area contributed by atoms with Gasteiger partial charge in [-0.2, -0.15) is 0 Å². The van der Waals surface area contributed by atoms with Crippen LogP contribution in [0.15, 0.2) is 44.5 Å². The maximum atomic E-state index is 12.6. The molecule has 0 saturated heterocycles. The monoisotopic (exact) mass is 391 g/mol. The molecule has 2 aromatic rings. The Labute approximate surface area is 147 Å². The number of nitrogens with one attached hydrogen (secondary N) is 1.